The fourth-order valence-electron chi connectivity index (χ4n) is 3.28. The second-order valence-electron chi connectivity index (χ2n) is 7.16. The number of thiophene rings is 1. The Morgan fingerprint density at radius 2 is 1.97 bits per heavy atom. The highest BCUT2D eigenvalue weighted by Crippen LogP contribution is 2.35. The second-order valence-corrected chi connectivity index (χ2v) is 8.95. The highest BCUT2D eigenvalue weighted by Gasteiger charge is 2.26. The largest absolute Gasteiger partial charge is 0.490 e. The van der Waals surface area contributed by atoms with Crippen molar-refractivity contribution in [3.63, 3.8) is 0 Å². The van der Waals surface area contributed by atoms with E-state index in [0.717, 1.165) is 4.88 Å². The zero-order valence-electron chi connectivity index (χ0n) is 17.6. The number of carboxylic acid groups (broad SMARTS) is 1. The summed E-state index contributed by atoms with van der Waals surface area (Å²) in [4.78, 5) is 25.1. The fourth-order valence-corrected chi connectivity index (χ4v) is 4.45. The monoisotopic (exact) mass is 516 g/mol. The number of halogens is 2. The van der Waals surface area contributed by atoms with Crippen LogP contribution < -0.4 is 10.1 Å². The number of carbonyl (C=O) groups excluding carboxylic acids is 1. The van der Waals surface area contributed by atoms with Crippen molar-refractivity contribution < 1.29 is 24.0 Å². The number of hydrogen-bond acceptors (Lipinski definition) is 6. The van der Waals surface area contributed by atoms with Gasteiger partial charge in [-0.25, -0.2) is 0 Å². The Morgan fingerprint density at radius 1 is 1.12 bits per heavy atom. The van der Waals surface area contributed by atoms with E-state index in [0.29, 0.717) is 38.4 Å². The van der Waals surface area contributed by atoms with Crippen LogP contribution in [0, 0.1) is 0 Å². The Morgan fingerprint density at radius 3 is 2.71 bits per heavy atom. The molecule has 2 aromatic heterocycles. The van der Waals surface area contributed by atoms with Gasteiger partial charge in [-0.2, -0.15) is 0 Å². The molecule has 2 aromatic carbocycles. The summed E-state index contributed by atoms with van der Waals surface area (Å²) in [5.74, 6) is -0.544. The van der Waals surface area contributed by atoms with Crippen LogP contribution in [0.2, 0.25) is 10.0 Å². The molecule has 0 aliphatic heterocycles. The van der Waals surface area contributed by atoms with Crippen LogP contribution in [0.25, 0.3) is 21.9 Å². The number of nitrogens with zero attached hydrogens (tertiary/aromatic N) is 1. The first-order chi connectivity index (χ1) is 16.4. The number of carbonyl (C=O) groups is 2. The Bertz CT molecular complexity index is 1320. The lowest BCUT2D eigenvalue weighted by Crippen LogP contribution is -2.28. The minimum absolute atomic E-state index is 0.143. The van der Waals surface area contributed by atoms with Crippen LogP contribution in [0.15, 0.2) is 64.5 Å². The van der Waals surface area contributed by atoms with Gasteiger partial charge in [0.2, 0.25) is 0 Å². The van der Waals surface area contributed by atoms with E-state index in [9.17, 15) is 9.59 Å². The van der Waals surface area contributed by atoms with Crippen LogP contribution in [0.5, 0.6) is 5.75 Å². The summed E-state index contributed by atoms with van der Waals surface area (Å²) in [6, 6.07) is 15.4. The van der Waals surface area contributed by atoms with Crippen molar-refractivity contribution >= 4 is 46.4 Å². The average molecular weight is 517 g/mol. The third-order valence-electron chi connectivity index (χ3n) is 4.76. The van der Waals surface area contributed by atoms with Gasteiger partial charge in [0.25, 0.3) is 5.91 Å². The van der Waals surface area contributed by atoms with Crippen molar-refractivity contribution in [3.05, 3.63) is 81.1 Å². The number of ether oxygens (including phenoxy) is 1. The van der Waals surface area contributed by atoms with Crippen molar-refractivity contribution in [2.75, 3.05) is 13.2 Å². The molecule has 2 N–H and O–H groups in total. The third kappa shape index (κ3) is 5.59. The molecule has 34 heavy (non-hydrogen) atoms. The number of amides is 1. The van der Waals surface area contributed by atoms with E-state index in [1.807, 2.05) is 17.5 Å². The molecule has 0 fully saturated rings. The first kappa shape index (κ1) is 23.8. The Hall–Kier alpha value is -3.33. The van der Waals surface area contributed by atoms with Gasteiger partial charge in [-0.3, -0.25) is 9.59 Å². The lowest BCUT2D eigenvalue weighted by Gasteiger charge is -2.10. The Balaban J connectivity index is 1.55. The number of aliphatic carboxylic acids is 1. The topological polar surface area (TPSA) is 102 Å². The molecule has 0 aliphatic carbocycles. The van der Waals surface area contributed by atoms with Crippen LogP contribution in [0.4, 0.5) is 0 Å². The maximum Gasteiger partial charge on any atom is 0.307 e. The molecule has 174 valence electrons. The molecule has 0 saturated heterocycles. The molecule has 1 amide bonds. The van der Waals surface area contributed by atoms with E-state index in [1.165, 1.54) is 11.3 Å². The normalized spacial score (nSPS) is 10.8. The summed E-state index contributed by atoms with van der Waals surface area (Å²) < 4.78 is 11.2. The zero-order valence-corrected chi connectivity index (χ0v) is 19.9. The standard InChI is InChI=1S/C24H18Cl2N2O5S/c25-16-6-7-18(17(26)13-16)32-9-8-27-24(31)21-22(28-33-23(21)19-5-2-10-34-19)15-4-1-3-14(11-15)12-20(29)30/h1-7,10-11,13H,8-9,12H2,(H,27,31)(H,29,30). The van der Waals surface area contributed by atoms with Crippen molar-refractivity contribution in [2.45, 2.75) is 6.42 Å². The van der Waals surface area contributed by atoms with E-state index >= 15 is 0 Å². The van der Waals surface area contributed by atoms with Crippen LogP contribution >= 0.6 is 34.5 Å². The number of rotatable bonds is 9. The average Bonchev–Trinajstić information content (AvgIpc) is 3.47. The van der Waals surface area contributed by atoms with E-state index in [-0.39, 0.29) is 25.1 Å². The summed E-state index contributed by atoms with van der Waals surface area (Å²) >= 11 is 13.4. The first-order valence-corrected chi connectivity index (χ1v) is 11.8. The van der Waals surface area contributed by atoms with Crippen LogP contribution in [-0.2, 0) is 11.2 Å². The van der Waals surface area contributed by atoms with E-state index in [1.54, 1.807) is 42.5 Å². The quantitative estimate of drug-likeness (QED) is 0.272. The van der Waals surface area contributed by atoms with Gasteiger partial charge in [0.05, 0.1) is 22.9 Å². The summed E-state index contributed by atoms with van der Waals surface area (Å²) in [7, 11) is 0. The van der Waals surface area contributed by atoms with Gasteiger partial charge >= 0.3 is 5.97 Å². The van der Waals surface area contributed by atoms with Gasteiger partial charge in [0.1, 0.15) is 23.6 Å². The number of hydrogen-bond donors (Lipinski definition) is 2. The molecule has 0 atom stereocenters. The molecule has 4 rings (SSSR count). The molecule has 0 radical (unpaired) electrons. The highest BCUT2D eigenvalue weighted by molar-refractivity contribution is 7.13. The summed E-state index contributed by atoms with van der Waals surface area (Å²) in [5.41, 5.74) is 1.76. The lowest BCUT2D eigenvalue weighted by molar-refractivity contribution is -0.136. The van der Waals surface area contributed by atoms with Crippen molar-refractivity contribution in [2.24, 2.45) is 0 Å². The van der Waals surface area contributed by atoms with Crippen LogP contribution in [0.1, 0.15) is 15.9 Å². The number of aromatic nitrogens is 1. The molecule has 0 unspecified atom stereocenters. The van der Waals surface area contributed by atoms with Crippen molar-refractivity contribution in [1.29, 1.82) is 0 Å². The second kappa shape index (κ2) is 10.7. The van der Waals surface area contributed by atoms with Crippen molar-refractivity contribution in [1.82, 2.24) is 10.5 Å². The Labute approximate surface area is 208 Å². The molecule has 0 bridgehead atoms. The first-order valence-electron chi connectivity index (χ1n) is 10.1. The van der Waals surface area contributed by atoms with Crippen molar-refractivity contribution in [3.8, 4) is 27.6 Å². The van der Waals surface area contributed by atoms with Gasteiger partial charge in [-0.1, -0.05) is 52.6 Å². The van der Waals surface area contributed by atoms with Gasteiger partial charge in [-0.15, -0.1) is 11.3 Å². The van der Waals surface area contributed by atoms with Gasteiger partial charge < -0.3 is 19.7 Å². The maximum atomic E-state index is 13.2. The molecule has 0 saturated carbocycles. The van der Waals surface area contributed by atoms with Gasteiger partial charge in [-0.05, 0) is 41.3 Å². The highest BCUT2D eigenvalue weighted by atomic mass is 35.5. The summed E-state index contributed by atoms with van der Waals surface area (Å²) in [6.45, 7) is 0.376. The van der Waals surface area contributed by atoms with Gasteiger partial charge in [0, 0.05) is 10.6 Å². The molecule has 10 heteroatoms. The number of nitrogens with one attached hydrogen (secondary N) is 1. The Kier molecular flexibility index (Phi) is 7.52. The smallest absolute Gasteiger partial charge is 0.307 e. The zero-order chi connectivity index (χ0) is 24.1. The molecule has 0 aliphatic rings. The fraction of sp³-hybridized carbons (Fsp3) is 0.125. The molecular formula is C24H18Cl2N2O5S. The van der Waals surface area contributed by atoms with Gasteiger partial charge in [0.15, 0.2) is 5.76 Å². The van der Waals surface area contributed by atoms with Crippen LogP contribution in [0.3, 0.4) is 0 Å². The maximum absolute atomic E-state index is 13.2. The molecule has 2 heterocycles. The minimum atomic E-state index is -0.949. The minimum Gasteiger partial charge on any atom is -0.490 e. The summed E-state index contributed by atoms with van der Waals surface area (Å²) in [6.07, 6.45) is -0.143. The molecule has 4 aromatic rings. The predicted octanol–water partition coefficient (Wildman–Crippen LogP) is 5.81. The predicted molar refractivity (Wildman–Crippen MR) is 131 cm³/mol. The molecule has 0 spiro atoms. The van der Waals surface area contributed by atoms with E-state index in [2.05, 4.69) is 10.5 Å². The third-order valence-corrected chi connectivity index (χ3v) is 6.16. The van der Waals surface area contributed by atoms with E-state index < -0.39 is 11.9 Å². The summed E-state index contributed by atoms with van der Waals surface area (Å²) in [5, 5.41) is 18.8. The molecular weight excluding hydrogens is 499 g/mol. The number of benzene rings is 2. The lowest BCUT2D eigenvalue weighted by atomic mass is 10.0. The molecule has 7 nitrogen and oxygen atoms in total. The van der Waals surface area contributed by atoms with E-state index in [4.69, 9.17) is 37.6 Å². The SMILES string of the molecule is O=C(O)Cc1cccc(-c2noc(-c3cccs3)c2C(=O)NCCOc2ccc(Cl)cc2Cl)c1. The van der Waals surface area contributed by atoms with Crippen LogP contribution in [-0.4, -0.2) is 35.3 Å². The number of carboxylic acids is 1.